The van der Waals surface area contributed by atoms with Gasteiger partial charge in [-0.15, -0.1) is 0 Å². The van der Waals surface area contributed by atoms with Gasteiger partial charge >= 0.3 is 6.09 Å². The second-order valence-electron chi connectivity index (χ2n) is 6.48. The minimum atomic E-state index is -0.408. The van der Waals surface area contributed by atoms with Gasteiger partial charge in [-0.2, -0.15) is 0 Å². The van der Waals surface area contributed by atoms with Crippen LogP contribution in [0.5, 0.6) is 0 Å². The third kappa shape index (κ3) is 3.74. The summed E-state index contributed by atoms with van der Waals surface area (Å²) >= 11 is 0. The summed E-state index contributed by atoms with van der Waals surface area (Å²) in [7, 11) is 1.55. The molecule has 4 aromatic rings. The Bertz CT molecular complexity index is 1070. The maximum atomic E-state index is 11.1. The standard InChI is InChI=1S/C23H21N3O2/c1-24-23(27)28-15-14-16-10-12-17(13-11-16)25-22-18-6-2-4-8-20(18)26-21-9-5-3-7-19(21)22/h2-13H,14-15H2,1H3,(H,24,27)(H,25,26). The number of nitrogens with zero attached hydrogens (tertiary/aromatic N) is 1. The van der Waals surface area contributed by atoms with E-state index in [1.165, 1.54) is 0 Å². The van der Waals surface area contributed by atoms with Crippen molar-refractivity contribution in [2.75, 3.05) is 19.0 Å². The van der Waals surface area contributed by atoms with Crippen molar-refractivity contribution >= 4 is 39.3 Å². The minimum Gasteiger partial charge on any atom is -0.449 e. The molecule has 0 saturated carbocycles. The average Bonchev–Trinajstić information content (AvgIpc) is 2.74. The molecule has 140 valence electrons. The van der Waals surface area contributed by atoms with Crippen molar-refractivity contribution in [3.63, 3.8) is 0 Å². The highest BCUT2D eigenvalue weighted by Gasteiger charge is 2.09. The Morgan fingerprint density at radius 1 is 0.893 bits per heavy atom. The molecule has 0 spiro atoms. The maximum absolute atomic E-state index is 11.1. The van der Waals surface area contributed by atoms with Gasteiger partial charge in [-0.05, 0) is 29.8 Å². The number of carbonyl (C=O) groups is 1. The quantitative estimate of drug-likeness (QED) is 0.483. The van der Waals surface area contributed by atoms with Gasteiger partial charge < -0.3 is 15.4 Å². The van der Waals surface area contributed by atoms with Gasteiger partial charge in [-0.1, -0.05) is 48.5 Å². The zero-order chi connectivity index (χ0) is 19.3. The van der Waals surface area contributed by atoms with Crippen LogP contribution in [0, 0.1) is 0 Å². The molecule has 0 aliphatic rings. The van der Waals surface area contributed by atoms with E-state index in [0.29, 0.717) is 13.0 Å². The number of hydrogen-bond donors (Lipinski definition) is 2. The summed E-state index contributed by atoms with van der Waals surface area (Å²) in [4.78, 5) is 15.9. The molecule has 0 atom stereocenters. The summed E-state index contributed by atoms with van der Waals surface area (Å²) in [5, 5.41) is 8.18. The van der Waals surface area contributed by atoms with Crippen molar-refractivity contribution in [1.29, 1.82) is 0 Å². The normalized spacial score (nSPS) is 10.8. The van der Waals surface area contributed by atoms with Gasteiger partial charge in [-0.25, -0.2) is 9.78 Å². The van der Waals surface area contributed by atoms with E-state index in [9.17, 15) is 4.79 Å². The summed E-state index contributed by atoms with van der Waals surface area (Å²) in [6, 6.07) is 24.5. The zero-order valence-corrected chi connectivity index (χ0v) is 15.6. The Balaban J connectivity index is 1.60. The number of anilines is 2. The summed E-state index contributed by atoms with van der Waals surface area (Å²) in [5.74, 6) is 0. The molecular weight excluding hydrogens is 350 g/mol. The first-order chi connectivity index (χ1) is 13.7. The van der Waals surface area contributed by atoms with E-state index >= 15 is 0 Å². The molecule has 2 N–H and O–H groups in total. The molecule has 0 aliphatic carbocycles. The number of aromatic nitrogens is 1. The fourth-order valence-corrected chi connectivity index (χ4v) is 3.21. The van der Waals surface area contributed by atoms with Crippen molar-refractivity contribution in [3.05, 3.63) is 78.4 Å². The molecule has 5 nitrogen and oxygen atoms in total. The van der Waals surface area contributed by atoms with Crippen LogP contribution < -0.4 is 10.6 Å². The van der Waals surface area contributed by atoms with Crippen LogP contribution in [-0.4, -0.2) is 24.7 Å². The molecule has 0 radical (unpaired) electrons. The maximum Gasteiger partial charge on any atom is 0.406 e. The molecule has 0 fully saturated rings. The van der Waals surface area contributed by atoms with E-state index in [1.807, 2.05) is 60.7 Å². The smallest absolute Gasteiger partial charge is 0.406 e. The molecule has 1 amide bonds. The van der Waals surface area contributed by atoms with Gasteiger partial charge in [0.15, 0.2) is 0 Å². The van der Waals surface area contributed by atoms with Gasteiger partial charge in [-0.3, -0.25) is 0 Å². The first-order valence-corrected chi connectivity index (χ1v) is 9.22. The highest BCUT2D eigenvalue weighted by molar-refractivity contribution is 6.08. The Morgan fingerprint density at radius 2 is 1.50 bits per heavy atom. The average molecular weight is 371 g/mol. The number of ether oxygens (including phenoxy) is 1. The van der Waals surface area contributed by atoms with Crippen LogP contribution in [-0.2, 0) is 11.2 Å². The van der Waals surface area contributed by atoms with Crippen LogP contribution in [0.25, 0.3) is 21.8 Å². The fraction of sp³-hybridized carbons (Fsp3) is 0.130. The third-order valence-corrected chi connectivity index (χ3v) is 4.64. The van der Waals surface area contributed by atoms with E-state index in [2.05, 4.69) is 22.8 Å². The topological polar surface area (TPSA) is 63.2 Å². The van der Waals surface area contributed by atoms with Crippen molar-refractivity contribution in [3.8, 4) is 0 Å². The van der Waals surface area contributed by atoms with Crippen LogP contribution in [0.2, 0.25) is 0 Å². The number of rotatable bonds is 5. The lowest BCUT2D eigenvalue weighted by Gasteiger charge is -2.13. The largest absolute Gasteiger partial charge is 0.449 e. The summed E-state index contributed by atoms with van der Waals surface area (Å²) in [5.41, 5.74) is 5.09. The second kappa shape index (κ2) is 7.96. The van der Waals surface area contributed by atoms with E-state index in [0.717, 1.165) is 38.7 Å². The molecule has 0 aliphatic heterocycles. The lowest BCUT2D eigenvalue weighted by Crippen LogP contribution is -2.20. The van der Waals surface area contributed by atoms with Gasteiger partial charge in [0.05, 0.1) is 23.3 Å². The van der Waals surface area contributed by atoms with Crippen LogP contribution in [0.3, 0.4) is 0 Å². The van der Waals surface area contributed by atoms with E-state index in [4.69, 9.17) is 9.72 Å². The second-order valence-corrected chi connectivity index (χ2v) is 6.48. The van der Waals surface area contributed by atoms with Gasteiger partial charge in [0.1, 0.15) is 0 Å². The van der Waals surface area contributed by atoms with E-state index in [-0.39, 0.29) is 0 Å². The third-order valence-electron chi connectivity index (χ3n) is 4.64. The Morgan fingerprint density at radius 3 is 2.11 bits per heavy atom. The van der Waals surface area contributed by atoms with Gasteiger partial charge in [0.25, 0.3) is 0 Å². The monoisotopic (exact) mass is 371 g/mol. The predicted octanol–water partition coefficient (Wildman–Crippen LogP) is 5.03. The fourth-order valence-electron chi connectivity index (χ4n) is 3.21. The summed E-state index contributed by atoms with van der Waals surface area (Å²) in [6.45, 7) is 0.353. The predicted molar refractivity (Wildman–Crippen MR) is 113 cm³/mol. The number of benzene rings is 3. The number of nitrogens with one attached hydrogen (secondary N) is 2. The first kappa shape index (κ1) is 17.8. The highest BCUT2D eigenvalue weighted by atomic mass is 16.5. The van der Waals surface area contributed by atoms with Crippen LogP contribution in [0.4, 0.5) is 16.2 Å². The molecule has 4 rings (SSSR count). The summed E-state index contributed by atoms with van der Waals surface area (Å²) in [6.07, 6.45) is 0.268. The van der Waals surface area contributed by atoms with Crippen molar-refractivity contribution in [2.45, 2.75) is 6.42 Å². The first-order valence-electron chi connectivity index (χ1n) is 9.22. The number of amides is 1. The lowest BCUT2D eigenvalue weighted by atomic mass is 10.1. The molecular formula is C23H21N3O2. The SMILES string of the molecule is CNC(=O)OCCc1ccc(Nc2c3ccccc3nc3ccccc23)cc1. The van der Waals surface area contributed by atoms with Crippen LogP contribution in [0.1, 0.15) is 5.56 Å². The molecule has 3 aromatic carbocycles. The number of para-hydroxylation sites is 2. The summed E-state index contributed by atoms with van der Waals surface area (Å²) < 4.78 is 5.04. The van der Waals surface area contributed by atoms with Crippen molar-refractivity contribution in [1.82, 2.24) is 10.3 Å². The number of alkyl carbamates (subject to hydrolysis) is 1. The lowest BCUT2D eigenvalue weighted by molar-refractivity contribution is 0.150. The molecule has 0 unspecified atom stereocenters. The number of hydrogen-bond acceptors (Lipinski definition) is 4. The van der Waals surface area contributed by atoms with Crippen molar-refractivity contribution in [2.24, 2.45) is 0 Å². The van der Waals surface area contributed by atoms with Gasteiger partial charge in [0.2, 0.25) is 0 Å². The Labute approximate surface area is 163 Å². The number of fused-ring (bicyclic) bond motifs is 2. The van der Waals surface area contributed by atoms with Gasteiger partial charge in [0, 0.05) is 29.9 Å². The van der Waals surface area contributed by atoms with Crippen LogP contribution >= 0.6 is 0 Å². The van der Waals surface area contributed by atoms with E-state index < -0.39 is 6.09 Å². The van der Waals surface area contributed by atoms with E-state index in [1.54, 1.807) is 7.05 Å². The molecule has 0 saturated heterocycles. The zero-order valence-electron chi connectivity index (χ0n) is 15.6. The Hall–Kier alpha value is -3.60. The Kier molecular flexibility index (Phi) is 5.06. The molecule has 1 heterocycles. The number of pyridine rings is 1. The molecule has 28 heavy (non-hydrogen) atoms. The highest BCUT2D eigenvalue weighted by Crippen LogP contribution is 2.32. The minimum absolute atomic E-state index is 0.353. The number of carbonyl (C=O) groups excluding carboxylic acids is 1. The molecule has 5 heteroatoms. The molecule has 1 aromatic heterocycles. The molecule has 0 bridgehead atoms. The van der Waals surface area contributed by atoms with Crippen molar-refractivity contribution < 1.29 is 9.53 Å². The van der Waals surface area contributed by atoms with Crippen LogP contribution in [0.15, 0.2) is 72.8 Å².